The van der Waals surface area contributed by atoms with E-state index in [-0.39, 0.29) is 101 Å². The fraction of sp³-hybridized carbons (Fsp3) is 0.551. The second-order valence-corrected chi connectivity index (χ2v) is 16.8. The van der Waals surface area contributed by atoms with Crippen LogP contribution in [0, 0.1) is 0 Å². The lowest BCUT2D eigenvalue weighted by molar-refractivity contribution is -0.166. The summed E-state index contributed by atoms with van der Waals surface area (Å²) < 4.78 is 15.6. The lowest BCUT2D eigenvalue weighted by atomic mass is 10.1. The minimum atomic E-state index is -1.31. The quantitative estimate of drug-likeness (QED) is 0.0200. The van der Waals surface area contributed by atoms with Crippen LogP contribution in [0.5, 0.6) is 11.5 Å². The van der Waals surface area contributed by atoms with Crippen molar-refractivity contribution in [1.29, 1.82) is 0 Å². The van der Waals surface area contributed by atoms with Gasteiger partial charge in [-0.2, -0.15) is 0 Å². The number of benzene rings is 2. The molecule has 25 nitrogen and oxygen atoms in total. The van der Waals surface area contributed by atoms with Crippen molar-refractivity contribution < 1.29 is 82.9 Å². The molecule has 0 heterocycles. The number of ether oxygens (including phenoxy) is 3. The topological polar surface area (TPSA) is 349 Å². The molecule has 2 rings (SSSR count). The molecule has 0 bridgehead atoms. The van der Waals surface area contributed by atoms with Gasteiger partial charge in [0.1, 0.15) is 17.5 Å². The van der Waals surface area contributed by atoms with Crippen molar-refractivity contribution in [2.45, 2.75) is 110 Å². The Bertz CT molecular complexity index is 2130. The summed E-state index contributed by atoms with van der Waals surface area (Å²) in [6.07, 6.45) is 4.34. The van der Waals surface area contributed by atoms with Gasteiger partial charge >= 0.3 is 11.9 Å². The summed E-state index contributed by atoms with van der Waals surface area (Å²) in [5.41, 5.74) is 0.682. The van der Waals surface area contributed by atoms with Gasteiger partial charge in [-0.05, 0) is 101 Å². The molecule has 0 aliphatic carbocycles. The van der Waals surface area contributed by atoms with Gasteiger partial charge in [0.05, 0.1) is 13.2 Å². The smallest absolute Gasteiger partial charge is 0.344 e. The number of carboxylic acids is 1. The molecule has 0 aliphatic heterocycles. The lowest BCUT2D eigenvalue weighted by Gasteiger charge is -2.15. The Labute approximate surface area is 429 Å². The molecule has 0 spiro atoms. The van der Waals surface area contributed by atoms with Gasteiger partial charge in [-0.15, -0.1) is 0 Å². The van der Waals surface area contributed by atoms with Crippen molar-refractivity contribution >= 4 is 59.2 Å². The molecular weight excluding hydrogens is 973 g/mol. The third-order valence-corrected chi connectivity index (χ3v) is 10.7. The SMILES string of the molecule is CCOC(=O)COc1ccc(C[C@H](NC(=O)CNC(=O)c2cccc(OCC(=O)NCCCCCN(O)C(=O)CCC(=O)NCCCCCN(O)C(=O)CCC(=O)NCCCCCN(O)C(C)=O)c2)C(=O)O)cc1. The van der Waals surface area contributed by atoms with E-state index in [1.807, 2.05) is 0 Å². The molecule has 410 valence electrons. The molecule has 0 aromatic heterocycles. The van der Waals surface area contributed by atoms with Crippen LogP contribution in [0.15, 0.2) is 48.5 Å². The summed E-state index contributed by atoms with van der Waals surface area (Å²) in [6, 6.07) is 10.8. The Morgan fingerprint density at radius 1 is 0.568 bits per heavy atom. The molecule has 0 unspecified atom stereocenters. The lowest BCUT2D eigenvalue weighted by Crippen LogP contribution is -2.46. The maximum absolute atomic E-state index is 12.8. The second kappa shape index (κ2) is 36.5. The predicted octanol–water partition coefficient (Wildman–Crippen LogP) is 1.64. The maximum Gasteiger partial charge on any atom is 0.344 e. The molecule has 2 aromatic carbocycles. The number of carboxylic acid groups (broad SMARTS) is 1. The van der Waals surface area contributed by atoms with Crippen molar-refractivity contribution in [3.63, 3.8) is 0 Å². The highest BCUT2D eigenvalue weighted by molar-refractivity contribution is 5.97. The van der Waals surface area contributed by atoms with Crippen molar-refractivity contribution in [1.82, 2.24) is 41.8 Å². The first-order chi connectivity index (χ1) is 35.4. The fourth-order valence-electron chi connectivity index (χ4n) is 6.59. The summed E-state index contributed by atoms with van der Waals surface area (Å²) in [6.45, 7) is 3.23. The molecule has 1 atom stereocenters. The van der Waals surface area contributed by atoms with Crippen molar-refractivity contribution in [3.05, 3.63) is 59.7 Å². The van der Waals surface area contributed by atoms with Gasteiger partial charge in [0.15, 0.2) is 13.2 Å². The van der Waals surface area contributed by atoms with E-state index >= 15 is 0 Å². The van der Waals surface area contributed by atoms with Gasteiger partial charge in [0.25, 0.3) is 11.8 Å². The van der Waals surface area contributed by atoms with E-state index in [1.165, 1.54) is 31.2 Å². The van der Waals surface area contributed by atoms with Crippen LogP contribution in [0.1, 0.15) is 113 Å². The largest absolute Gasteiger partial charge is 0.484 e. The number of amides is 8. The number of rotatable bonds is 38. The van der Waals surface area contributed by atoms with Gasteiger partial charge in [0, 0.05) is 83.9 Å². The molecule has 0 saturated heterocycles. The van der Waals surface area contributed by atoms with Gasteiger partial charge in [-0.3, -0.25) is 54.0 Å². The number of hydrogen-bond acceptors (Lipinski definition) is 16. The third-order valence-electron chi connectivity index (χ3n) is 10.7. The number of unbranched alkanes of at least 4 members (excludes halogenated alkanes) is 6. The normalized spacial score (nSPS) is 11.0. The molecule has 0 fully saturated rings. The monoisotopic (exact) mass is 1040 g/mol. The highest BCUT2D eigenvalue weighted by Crippen LogP contribution is 2.15. The second-order valence-electron chi connectivity index (χ2n) is 16.8. The minimum absolute atomic E-state index is 0.0252. The molecule has 9 N–H and O–H groups in total. The average Bonchev–Trinajstić information content (AvgIpc) is 3.38. The van der Waals surface area contributed by atoms with Crippen LogP contribution in [0.3, 0.4) is 0 Å². The molecular formula is C49H72N8O17. The standard InChI is InChI=1S/C49H72N8O17/c1-3-72-47(65)34-74-38-18-16-36(17-19-38)30-40(49(67)68)54-43(61)32-53-48(66)37-14-13-15-39(31-37)73-33-44(62)52-26-9-6-12-29-57(71)46(64)23-21-42(60)51-25-8-5-11-28-56(70)45(63)22-20-41(59)50-24-7-4-10-27-55(69)35(2)58/h13-19,31,40,69-71H,3-12,20-30,32-34H2,1-2H3,(H,50,59)(H,51,60)(H,52,62)(H,53,66)(H,54,61)(H,67,68)/t40-/m0/s1. The molecule has 0 saturated carbocycles. The first-order valence-corrected chi connectivity index (χ1v) is 24.5. The van der Waals surface area contributed by atoms with E-state index in [9.17, 15) is 68.7 Å². The summed E-state index contributed by atoms with van der Waals surface area (Å²) in [7, 11) is 0. The summed E-state index contributed by atoms with van der Waals surface area (Å²) in [5, 5.41) is 53.7. The molecule has 0 aliphatic rings. The van der Waals surface area contributed by atoms with E-state index in [2.05, 4.69) is 26.6 Å². The number of hydrogen-bond donors (Lipinski definition) is 9. The van der Waals surface area contributed by atoms with Crippen LogP contribution in [0.25, 0.3) is 0 Å². The molecule has 74 heavy (non-hydrogen) atoms. The zero-order valence-corrected chi connectivity index (χ0v) is 42.1. The summed E-state index contributed by atoms with van der Waals surface area (Å²) >= 11 is 0. The fourth-order valence-corrected chi connectivity index (χ4v) is 6.59. The maximum atomic E-state index is 12.8. The molecule has 25 heteroatoms. The van der Waals surface area contributed by atoms with E-state index in [0.29, 0.717) is 97.4 Å². The predicted molar refractivity (Wildman–Crippen MR) is 261 cm³/mol. The van der Waals surface area contributed by atoms with Crippen molar-refractivity contribution in [2.75, 3.05) is 65.6 Å². The van der Waals surface area contributed by atoms with Gasteiger partial charge in [-0.1, -0.05) is 18.2 Å². The number of hydroxylamine groups is 6. The van der Waals surface area contributed by atoms with Crippen molar-refractivity contribution in [3.8, 4) is 11.5 Å². The van der Waals surface area contributed by atoms with E-state index in [0.717, 1.165) is 0 Å². The number of carbonyl (C=O) groups is 10. The van der Waals surface area contributed by atoms with Crippen LogP contribution in [0.4, 0.5) is 0 Å². The van der Waals surface area contributed by atoms with Crippen LogP contribution in [0.2, 0.25) is 0 Å². The van der Waals surface area contributed by atoms with Gasteiger partial charge in [0.2, 0.25) is 35.4 Å². The number of nitrogens with zero attached hydrogens (tertiary/aromatic N) is 3. The van der Waals surface area contributed by atoms with Crippen LogP contribution < -0.4 is 36.1 Å². The summed E-state index contributed by atoms with van der Waals surface area (Å²) in [4.78, 5) is 121. The van der Waals surface area contributed by atoms with Crippen LogP contribution in [-0.2, 0) is 54.3 Å². The number of carbonyl (C=O) groups excluding carboxylic acids is 9. The van der Waals surface area contributed by atoms with Crippen molar-refractivity contribution in [2.24, 2.45) is 0 Å². The van der Waals surface area contributed by atoms with Gasteiger partial charge < -0.3 is 45.9 Å². The van der Waals surface area contributed by atoms with E-state index < -0.39 is 60.0 Å². The molecule has 8 amide bonds. The Balaban J connectivity index is 1.52. The number of esters is 1. The number of aliphatic carboxylic acids is 1. The van der Waals surface area contributed by atoms with Crippen LogP contribution in [-0.4, -0.2) is 167 Å². The highest BCUT2D eigenvalue weighted by Gasteiger charge is 2.22. The highest BCUT2D eigenvalue weighted by atomic mass is 16.6. The number of nitrogens with one attached hydrogen (secondary N) is 5. The average molecular weight is 1050 g/mol. The Morgan fingerprint density at radius 2 is 1.08 bits per heavy atom. The minimum Gasteiger partial charge on any atom is -0.484 e. The molecule has 2 aromatic rings. The Morgan fingerprint density at radius 3 is 1.59 bits per heavy atom. The van der Waals surface area contributed by atoms with Gasteiger partial charge in [-0.25, -0.2) is 24.8 Å². The van der Waals surface area contributed by atoms with E-state index in [4.69, 9.17) is 14.2 Å². The zero-order chi connectivity index (χ0) is 54.7. The Hall–Kier alpha value is -7.38. The van der Waals surface area contributed by atoms with Crippen LogP contribution >= 0.6 is 0 Å². The zero-order valence-electron chi connectivity index (χ0n) is 42.1. The Kier molecular flexibility index (Phi) is 31.0. The first kappa shape index (κ1) is 62.7. The first-order valence-electron chi connectivity index (χ1n) is 24.5. The third kappa shape index (κ3) is 28.6. The molecule has 0 radical (unpaired) electrons. The summed E-state index contributed by atoms with van der Waals surface area (Å²) in [5.74, 6) is -5.46. The van der Waals surface area contributed by atoms with E-state index in [1.54, 1.807) is 31.2 Å².